The molecule has 0 aliphatic heterocycles. The van der Waals surface area contributed by atoms with Crippen molar-refractivity contribution in [2.24, 2.45) is 0 Å². The molecule has 2 aromatic rings. The van der Waals surface area contributed by atoms with Crippen LogP contribution in [0.25, 0.3) is 0 Å². The van der Waals surface area contributed by atoms with Gasteiger partial charge in [0.2, 0.25) is 0 Å². The molecule has 0 spiro atoms. The van der Waals surface area contributed by atoms with Crippen LogP contribution in [0.5, 0.6) is 0 Å². The van der Waals surface area contributed by atoms with Crippen molar-refractivity contribution in [1.82, 2.24) is 0 Å². The molecule has 0 amide bonds. The molecule has 102 valence electrons. The van der Waals surface area contributed by atoms with Crippen LogP contribution in [-0.2, 0) is 6.54 Å². The van der Waals surface area contributed by atoms with E-state index in [4.69, 9.17) is 15.6 Å². The quantitative estimate of drug-likeness (QED) is 0.895. The van der Waals surface area contributed by atoms with E-state index in [0.29, 0.717) is 23.4 Å². The predicted molar refractivity (Wildman–Crippen MR) is 76.6 cm³/mol. The Bertz CT molecular complexity index is 770. The summed E-state index contributed by atoms with van der Waals surface area (Å²) in [5.74, 6) is -0.970. The Morgan fingerprint density at radius 3 is 2.52 bits per heavy atom. The van der Waals surface area contributed by atoms with Gasteiger partial charge in [0.1, 0.15) is 12.1 Å². The van der Waals surface area contributed by atoms with Crippen molar-refractivity contribution in [3.63, 3.8) is 0 Å². The van der Waals surface area contributed by atoms with Crippen molar-refractivity contribution in [3.8, 4) is 12.1 Å². The minimum Gasteiger partial charge on any atom is -0.478 e. The Kier molecular flexibility index (Phi) is 4.18. The lowest BCUT2D eigenvalue weighted by Gasteiger charge is -2.08. The molecule has 0 unspecified atom stereocenters. The van der Waals surface area contributed by atoms with Crippen molar-refractivity contribution >= 4 is 11.7 Å². The first kappa shape index (κ1) is 14.1. The van der Waals surface area contributed by atoms with Crippen LogP contribution in [0.1, 0.15) is 27.0 Å². The third kappa shape index (κ3) is 3.37. The number of hydrogen-bond donors (Lipinski definition) is 2. The first-order valence-electron chi connectivity index (χ1n) is 6.14. The maximum atomic E-state index is 10.9. The van der Waals surface area contributed by atoms with Gasteiger partial charge in [-0.2, -0.15) is 10.5 Å². The Morgan fingerprint density at radius 1 is 1.10 bits per heavy atom. The molecule has 0 aliphatic rings. The molecule has 5 heteroatoms. The molecule has 0 bridgehead atoms. The highest BCUT2D eigenvalue weighted by Gasteiger charge is 2.05. The normalized spacial score (nSPS) is 9.43. The lowest BCUT2D eigenvalue weighted by molar-refractivity contribution is 0.0697. The molecule has 0 heterocycles. The Morgan fingerprint density at radius 2 is 1.86 bits per heavy atom. The van der Waals surface area contributed by atoms with Crippen LogP contribution < -0.4 is 5.32 Å². The highest BCUT2D eigenvalue weighted by molar-refractivity contribution is 5.87. The van der Waals surface area contributed by atoms with E-state index in [1.807, 2.05) is 18.2 Å². The van der Waals surface area contributed by atoms with E-state index in [-0.39, 0.29) is 5.56 Å². The maximum absolute atomic E-state index is 10.9. The van der Waals surface area contributed by atoms with Gasteiger partial charge in [-0.15, -0.1) is 0 Å². The second kappa shape index (κ2) is 6.23. The number of rotatable bonds is 4. The lowest BCUT2D eigenvalue weighted by Crippen LogP contribution is -2.02. The first-order chi connectivity index (χ1) is 10.1. The van der Waals surface area contributed by atoms with Gasteiger partial charge in [-0.1, -0.05) is 12.1 Å². The zero-order valence-electron chi connectivity index (χ0n) is 11.0. The van der Waals surface area contributed by atoms with Crippen LogP contribution in [0, 0.1) is 22.7 Å². The van der Waals surface area contributed by atoms with Gasteiger partial charge in [-0.25, -0.2) is 4.79 Å². The van der Waals surface area contributed by atoms with Crippen LogP contribution >= 0.6 is 0 Å². The van der Waals surface area contributed by atoms with Crippen LogP contribution in [0.15, 0.2) is 42.5 Å². The summed E-state index contributed by atoms with van der Waals surface area (Å²) in [7, 11) is 0. The molecule has 0 aromatic heterocycles. The van der Waals surface area contributed by atoms with Gasteiger partial charge in [0.05, 0.1) is 16.7 Å². The monoisotopic (exact) mass is 277 g/mol. The smallest absolute Gasteiger partial charge is 0.335 e. The van der Waals surface area contributed by atoms with E-state index in [2.05, 4.69) is 5.32 Å². The molecule has 0 atom stereocenters. The van der Waals surface area contributed by atoms with Crippen molar-refractivity contribution in [1.29, 1.82) is 10.5 Å². The fourth-order valence-corrected chi connectivity index (χ4v) is 1.86. The van der Waals surface area contributed by atoms with E-state index < -0.39 is 5.97 Å². The number of anilines is 1. The van der Waals surface area contributed by atoms with Gasteiger partial charge in [0.25, 0.3) is 0 Å². The molecule has 2 aromatic carbocycles. The number of hydrogen-bond acceptors (Lipinski definition) is 4. The fourth-order valence-electron chi connectivity index (χ4n) is 1.86. The van der Waals surface area contributed by atoms with Gasteiger partial charge in [-0.3, -0.25) is 0 Å². The van der Waals surface area contributed by atoms with E-state index in [0.717, 1.165) is 5.56 Å². The Labute approximate surface area is 121 Å². The number of carboxylic acid groups (broad SMARTS) is 1. The number of nitriles is 2. The topological polar surface area (TPSA) is 96.9 Å². The van der Waals surface area contributed by atoms with Gasteiger partial charge < -0.3 is 10.4 Å². The summed E-state index contributed by atoms with van der Waals surface area (Å²) in [5.41, 5.74) is 2.38. The molecule has 5 nitrogen and oxygen atoms in total. The Hall–Kier alpha value is -3.31. The molecule has 2 rings (SSSR count). The molecule has 0 radical (unpaired) electrons. The molecule has 0 saturated carbocycles. The fraction of sp³-hybridized carbons (Fsp3) is 0.0625. The summed E-state index contributed by atoms with van der Waals surface area (Å²) in [6, 6.07) is 15.4. The Balaban J connectivity index is 2.14. The SMILES string of the molecule is N#Cc1ccc(NCc2cccc(C(=O)O)c2)cc1C#N. The van der Waals surface area contributed by atoms with Gasteiger partial charge >= 0.3 is 5.97 Å². The van der Waals surface area contributed by atoms with Crippen LogP contribution in [-0.4, -0.2) is 11.1 Å². The number of nitrogens with zero attached hydrogens (tertiary/aromatic N) is 2. The number of nitrogens with one attached hydrogen (secondary N) is 1. The summed E-state index contributed by atoms with van der Waals surface area (Å²) in [6.07, 6.45) is 0. The van der Waals surface area contributed by atoms with E-state index >= 15 is 0 Å². The number of carboxylic acids is 1. The third-order valence-corrected chi connectivity index (χ3v) is 2.93. The molecule has 0 fully saturated rings. The standard InChI is InChI=1S/C16H11N3O2/c17-8-13-4-5-15(7-14(13)9-18)19-10-11-2-1-3-12(6-11)16(20)21/h1-7,19H,10H2,(H,20,21). The number of benzene rings is 2. The average Bonchev–Trinajstić information content (AvgIpc) is 2.52. The summed E-state index contributed by atoms with van der Waals surface area (Å²) in [5, 5.41) is 29.8. The van der Waals surface area contributed by atoms with E-state index in [1.165, 1.54) is 6.07 Å². The highest BCUT2D eigenvalue weighted by Crippen LogP contribution is 2.16. The average molecular weight is 277 g/mol. The summed E-state index contributed by atoms with van der Waals surface area (Å²) < 4.78 is 0. The van der Waals surface area contributed by atoms with Crippen LogP contribution in [0.4, 0.5) is 5.69 Å². The second-order valence-corrected chi connectivity index (χ2v) is 4.34. The first-order valence-corrected chi connectivity index (χ1v) is 6.14. The molecular weight excluding hydrogens is 266 g/mol. The van der Waals surface area contributed by atoms with Crippen molar-refractivity contribution in [2.45, 2.75) is 6.54 Å². The largest absolute Gasteiger partial charge is 0.478 e. The van der Waals surface area contributed by atoms with Crippen molar-refractivity contribution < 1.29 is 9.90 Å². The van der Waals surface area contributed by atoms with Gasteiger partial charge in [0.15, 0.2) is 0 Å². The van der Waals surface area contributed by atoms with Crippen LogP contribution in [0.2, 0.25) is 0 Å². The van der Waals surface area contributed by atoms with Crippen molar-refractivity contribution in [2.75, 3.05) is 5.32 Å². The zero-order chi connectivity index (χ0) is 15.2. The molecular formula is C16H11N3O2. The van der Waals surface area contributed by atoms with Gasteiger partial charge in [-0.05, 0) is 35.9 Å². The van der Waals surface area contributed by atoms with Gasteiger partial charge in [0, 0.05) is 12.2 Å². The third-order valence-electron chi connectivity index (χ3n) is 2.93. The molecule has 21 heavy (non-hydrogen) atoms. The summed E-state index contributed by atoms with van der Waals surface area (Å²) in [6.45, 7) is 0.428. The summed E-state index contributed by atoms with van der Waals surface area (Å²) >= 11 is 0. The number of aromatic carboxylic acids is 1. The minimum atomic E-state index is -0.970. The van der Waals surface area contributed by atoms with Crippen LogP contribution in [0.3, 0.4) is 0 Å². The summed E-state index contributed by atoms with van der Waals surface area (Å²) in [4.78, 5) is 10.9. The van der Waals surface area contributed by atoms with E-state index in [9.17, 15) is 4.79 Å². The highest BCUT2D eigenvalue weighted by atomic mass is 16.4. The maximum Gasteiger partial charge on any atom is 0.335 e. The molecule has 0 saturated heterocycles. The predicted octanol–water partition coefficient (Wildman–Crippen LogP) is 2.74. The minimum absolute atomic E-state index is 0.229. The number of carbonyl (C=O) groups is 1. The van der Waals surface area contributed by atoms with E-state index in [1.54, 1.807) is 30.3 Å². The molecule has 2 N–H and O–H groups in total. The molecule has 0 aliphatic carbocycles. The second-order valence-electron chi connectivity index (χ2n) is 4.34. The zero-order valence-corrected chi connectivity index (χ0v) is 11.0. The lowest BCUT2D eigenvalue weighted by atomic mass is 10.1. The van der Waals surface area contributed by atoms with Crippen molar-refractivity contribution in [3.05, 3.63) is 64.7 Å².